The first-order valence-electron chi connectivity index (χ1n) is 7.97. The Kier molecular flexibility index (Phi) is 7.05. The van der Waals surface area contributed by atoms with Crippen LogP contribution in [0.1, 0.15) is 12.8 Å². The minimum absolute atomic E-state index is 0.166. The number of methoxy groups -OCH3 is 1. The van der Waals surface area contributed by atoms with Gasteiger partial charge in [0.25, 0.3) is 0 Å². The third-order valence-electron chi connectivity index (χ3n) is 3.65. The third-order valence-corrected chi connectivity index (χ3v) is 5.36. The fraction of sp³-hybridized carbons (Fsp3) is 0.278. The Labute approximate surface area is 162 Å². The highest BCUT2D eigenvalue weighted by Gasteiger charge is 2.20. The number of rotatable bonds is 8. The molecular formula is C18H21BrN2O4S. The van der Waals surface area contributed by atoms with Crippen molar-refractivity contribution in [2.45, 2.75) is 12.8 Å². The Bertz CT molecular complexity index is 854. The minimum Gasteiger partial charge on any atom is -0.495 e. The number of nitrogens with zero attached hydrogens (tertiary/aromatic N) is 1. The van der Waals surface area contributed by atoms with Gasteiger partial charge in [0, 0.05) is 23.1 Å². The van der Waals surface area contributed by atoms with Crippen molar-refractivity contribution in [3.63, 3.8) is 0 Å². The number of amides is 1. The summed E-state index contributed by atoms with van der Waals surface area (Å²) < 4.78 is 31.8. The molecule has 0 saturated carbocycles. The summed E-state index contributed by atoms with van der Waals surface area (Å²) in [5.41, 5.74) is 1.16. The zero-order chi connectivity index (χ0) is 19.2. The van der Waals surface area contributed by atoms with Crippen molar-refractivity contribution in [2.75, 3.05) is 29.5 Å². The molecule has 0 aromatic heterocycles. The Morgan fingerprint density at radius 2 is 1.81 bits per heavy atom. The molecule has 0 spiro atoms. The van der Waals surface area contributed by atoms with Crippen LogP contribution in [0.5, 0.6) is 5.75 Å². The molecule has 8 heteroatoms. The van der Waals surface area contributed by atoms with Gasteiger partial charge in [0.2, 0.25) is 15.9 Å². The number of hydrogen-bond donors (Lipinski definition) is 1. The molecule has 1 amide bonds. The maximum Gasteiger partial charge on any atom is 0.232 e. The Balaban J connectivity index is 2.00. The largest absolute Gasteiger partial charge is 0.495 e. The minimum atomic E-state index is -3.50. The Hall–Kier alpha value is -2.06. The number of anilines is 2. The van der Waals surface area contributed by atoms with Crippen LogP contribution in [0.2, 0.25) is 0 Å². The molecule has 6 nitrogen and oxygen atoms in total. The number of benzene rings is 2. The van der Waals surface area contributed by atoms with Gasteiger partial charge < -0.3 is 10.1 Å². The van der Waals surface area contributed by atoms with E-state index in [2.05, 4.69) is 21.2 Å². The summed E-state index contributed by atoms with van der Waals surface area (Å²) in [4.78, 5) is 12.1. The highest BCUT2D eigenvalue weighted by atomic mass is 79.9. The summed E-state index contributed by atoms with van der Waals surface area (Å²) in [6.07, 6.45) is 1.73. The number of hydrogen-bond acceptors (Lipinski definition) is 4. The molecule has 0 bridgehead atoms. The van der Waals surface area contributed by atoms with E-state index in [9.17, 15) is 13.2 Å². The van der Waals surface area contributed by atoms with Gasteiger partial charge in [-0.25, -0.2) is 8.42 Å². The van der Waals surface area contributed by atoms with Gasteiger partial charge in [-0.3, -0.25) is 9.10 Å². The van der Waals surface area contributed by atoms with Crippen molar-refractivity contribution in [3.8, 4) is 5.75 Å². The maximum absolute atomic E-state index is 12.2. The highest BCUT2D eigenvalue weighted by Crippen LogP contribution is 2.29. The van der Waals surface area contributed by atoms with E-state index in [0.29, 0.717) is 23.5 Å². The molecule has 2 aromatic rings. The fourth-order valence-corrected chi connectivity index (χ4v) is 3.67. The van der Waals surface area contributed by atoms with Gasteiger partial charge in [-0.15, -0.1) is 0 Å². The second kappa shape index (κ2) is 9.05. The standard InChI is InChI=1S/C18H21BrN2O4S/c1-25-17-7-4-3-6-16(17)21(26(2,23)24)13-5-8-18(22)20-15-11-9-14(19)10-12-15/h3-4,6-7,9-12H,5,8,13H2,1-2H3,(H,20,22). The van der Waals surface area contributed by atoms with Crippen molar-refractivity contribution in [1.29, 1.82) is 0 Å². The van der Waals surface area contributed by atoms with Crippen LogP contribution in [0.4, 0.5) is 11.4 Å². The smallest absolute Gasteiger partial charge is 0.232 e. The Morgan fingerprint density at radius 3 is 2.42 bits per heavy atom. The van der Waals surface area contributed by atoms with Crippen molar-refractivity contribution < 1.29 is 17.9 Å². The second-order valence-electron chi connectivity index (χ2n) is 5.67. The van der Waals surface area contributed by atoms with E-state index in [1.807, 2.05) is 12.1 Å². The summed E-state index contributed by atoms with van der Waals surface area (Å²) in [7, 11) is -2.00. The lowest BCUT2D eigenvalue weighted by atomic mass is 10.2. The zero-order valence-electron chi connectivity index (χ0n) is 14.6. The molecular weight excluding hydrogens is 420 g/mol. The van der Waals surface area contributed by atoms with E-state index in [-0.39, 0.29) is 18.9 Å². The molecule has 0 aliphatic heterocycles. The zero-order valence-corrected chi connectivity index (χ0v) is 17.0. The molecule has 0 saturated heterocycles. The number of sulfonamides is 1. The number of carbonyl (C=O) groups excluding carboxylic acids is 1. The first-order chi connectivity index (χ1) is 12.3. The SMILES string of the molecule is COc1ccccc1N(CCCC(=O)Nc1ccc(Br)cc1)S(C)(=O)=O. The molecule has 26 heavy (non-hydrogen) atoms. The van der Waals surface area contributed by atoms with E-state index in [4.69, 9.17) is 4.74 Å². The van der Waals surface area contributed by atoms with Gasteiger partial charge in [-0.05, 0) is 42.8 Å². The summed E-state index contributed by atoms with van der Waals surface area (Å²) >= 11 is 3.34. The topological polar surface area (TPSA) is 75.7 Å². The highest BCUT2D eigenvalue weighted by molar-refractivity contribution is 9.10. The predicted molar refractivity (Wildman–Crippen MR) is 107 cm³/mol. The number of halogens is 1. The quantitative estimate of drug-likeness (QED) is 0.679. The molecule has 0 aliphatic carbocycles. The number of carbonyl (C=O) groups is 1. The van der Waals surface area contributed by atoms with Gasteiger partial charge in [0.15, 0.2) is 0 Å². The molecule has 0 atom stereocenters. The molecule has 2 aromatic carbocycles. The molecule has 0 unspecified atom stereocenters. The molecule has 2 rings (SSSR count). The van der Waals surface area contributed by atoms with E-state index in [0.717, 1.165) is 10.7 Å². The number of ether oxygens (including phenoxy) is 1. The fourth-order valence-electron chi connectivity index (χ4n) is 2.44. The van der Waals surface area contributed by atoms with E-state index in [1.54, 1.807) is 36.4 Å². The lowest BCUT2D eigenvalue weighted by Crippen LogP contribution is -2.31. The molecule has 1 N–H and O–H groups in total. The van der Waals surface area contributed by atoms with Crippen LogP contribution in [-0.4, -0.2) is 34.2 Å². The van der Waals surface area contributed by atoms with Crippen molar-refractivity contribution >= 4 is 43.2 Å². The van der Waals surface area contributed by atoms with Crippen molar-refractivity contribution in [3.05, 3.63) is 53.0 Å². The number of para-hydroxylation sites is 2. The average molecular weight is 441 g/mol. The van der Waals surface area contributed by atoms with Crippen LogP contribution in [0.3, 0.4) is 0 Å². The van der Waals surface area contributed by atoms with Crippen LogP contribution >= 0.6 is 15.9 Å². The van der Waals surface area contributed by atoms with Crippen LogP contribution in [0.25, 0.3) is 0 Å². The normalized spacial score (nSPS) is 11.0. The van der Waals surface area contributed by atoms with Gasteiger partial charge in [0.05, 0.1) is 19.1 Å². The van der Waals surface area contributed by atoms with Crippen LogP contribution in [0.15, 0.2) is 53.0 Å². The first kappa shape index (κ1) is 20.3. The first-order valence-corrected chi connectivity index (χ1v) is 10.6. The van der Waals surface area contributed by atoms with Crippen molar-refractivity contribution in [1.82, 2.24) is 0 Å². The predicted octanol–water partition coefficient (Wildman–Crippen LogP) is 3.64. The molecule has 0 heterocycles. The van der Waals surface area contributed by atoms with Gasteiger partial charge in [-0.2, -0.15) is 0 Å². The molecule has 0 fully saturated rings. The van der Waals surface area contributed by atoms with E-state index < -0.39 is 10.0 Å². The van der Waals surface area contributed by atoms with Gasteiger partial charge in [0.1, 0.15) is 5.75 Å². The van der Waals surface area contributed by atoms with E-state index >= 15 is 0 Å². The lowest BCUT2D eigenvalue weighted by Gasteiger charge is -2.24. The summed E-state index contributed by atoms with van der Waals surface area (Å²) in [5.74, 6) is 0.304. The third kappa shape index (κ3) is 5.74. The summed E-state index contributed by atoms with van der Waals surface area (Å²) in [6, 6.07) is 14.2. The molecule has 0 aliphatic rings. The van der Waals surface area contributed by atoms with E-state index in [1.165, 1.54) is 11.4 Å². The van der Waals surface area contributed by atoms with Crippen molar-refractivity contribution in [2.24, 2.45) is 0 Å². The van der Waals surface area contributed by atoms with Crippen LogP contribution < -0.4 is 14.4 Å². The molecule has 0 radical (unpaired) electrons. The van der Waals surface area contributed by atoms with Gasteiger partial charge in [-0.1, -0.05) is 28.1 Å². The summed E-state index contributed by atoms with van der Waals surface area (Å²) in [6.45, 7) is 0.187. The average Bonchev–Trinajstić information content (AvgIpc) is 2.60. The maximum atomic E-state index is 12.2. The summed E-state index contributed by atoms with van der Waals surface area (Å²) in [5, 5.41) is 2.79. The Morgan fingerprint density at radius 1 is 1.15 bits per heavy atom. The lowest BCUT2D eigenvalue weighted by molar-refractivity contribution is -0.116. The second-order valence-corrected chi connectivity index (χ2v) is 8.49. The van der Waals surface area contributed by atoms with Crippen LogP contribution in [0, 0.1) is 0 Å². The molecule has 140 valence electrons. The monoisotopic (exact) mass is 440 g/mol. The van der Waals surface area contributed by atoms with Crippen LogP contribution in [-0.2, 0) is 14.8 Å². The number of nitrogens with one attached hydrogen (secondary N) is 1. The van der Waals surface area contributed by atoms with Gasteiger partial charge >= 0.3 is 0 Å².